The van der Waals surface area contributed by atoms with Gasteiger partial charge in [-0.2, -0.15) is 5.10 Å². The molecule has 1 aromatic carbocycles. The van der Waals surface area contributed by atoms with Gasteiger partial charge in [-0.05, 0) is 38.0 Å². The van der Waals surface area contributed by atoms with Crippen LogP contribution in [0.15, 0.2) is 30.6 Å². The number of ether oxygens (including phenoxy) is 1. The second kappa shape index (κ2) is 6.87. The Balaban J connectivity index is 1.59. The number of hydrogen-bond acceptors (Lipinski definition) is 4. The second-order valence-corrected chi connectivity index (χ2v) is 6.36. The van der Waals surface area contributed by atoms with Crippen LogP contribution in [0.5, 0.6) is 0 Å². The molecule has 0 radical (unpaired) electrons. The van der Waals surface area contributed by atoms with Crippen molar-refractivity contribution >= 4 is 22.6 Å². The van der Waals surface area contributed by atoms with Gasteiger partial charge in [0.25, 0.3) is 0 Å². The van der Waals surface area contributed by atoms with Crippen LogP contribution in [0.4, 0.5) is 10.2 Å². The van der Waals surface area contributed by atoms with Gasteiger partial charge in [0.1, 0.15) is 17.7 Å². The van der Waals surface area contributed by atoms with E-state index in [1.54, 1.807) is 12.3 Å². The number of carbonyl (C=O) groups is 1. The normalized spacial score (nSPS) is 20.4. The number of aromatic amines is 1. The summed E-state index contributed by atoms with van der Waals surface area (Å²) in [5.74, 6) is 0.280. The van der Waals surface area contributed by atoms with Crippen LogP contribution in [0.1, 0.15) is 31.7 Å². The Morgan fingerprint density at radius 2 is 2.38 bits per heavy atom. The Bertz CT molecular complexity index is 935. The van der Waals surface area contributed by atoms with Crippen LogP contribution in [-0.4, -0.2) is 32.3 Å². The van der Waals surface area contributed by atoms with Crippen LogP contribution in [0, 0.1) is 11.7 Å². The van der Waals surface area contributed by atoms with Crippen molar-refractivity contribution in [1.82, 2.24) is 19.7 Å². The van der Waals surface area contributed by atoms with Gasteiger partial charge in [0, 0.05) is 30.9 Å². The van der Waals surface area contributed by atoms with Crippen molar-refractivity contribution in [2.45, 2.75) is 32.4 Å². The number of hydrogen-bond donors (Lipinski definition) is 2. The summed E-state index contributed by atoms with van der Waals surface area (Å²) < 4.78 is 21.2. The van der Waals surface area contributed by atoms with Crippen molar-refractivity contribution in [1.29, 1.82) is 0 Å². The quantitative estimate of drug-likeness (QED) is 0.752. The zero-order chi connectivity index (χ0) is 18.1. The summed E-state index contributed by atoms with van der Waals surface area (Å²) in [5, 5.41) is 10.4. The molecule has 26 heavy (non-hydrogen) atoms. The Hall–Kier alpha value is -2.74. The highest BCUT2D eigenvalue weighted by atomic mass is 19.1. The number of halogens is 1. The lowest BCUT2D eigenvalue weighted by atomic mass is 9.92. The van der Waals surface area contributed by atoms with Gasteiger partial charge in [-0.25, -0.2) is 9.37 Å². The fourth-order valence-electron chi connectivity index (χ4n) is 3.45. The molecule has 2 aromatic heterocycles. The van der Waals surface area contributed by atoms with Gasteiger partial charge >= 0.3 is 0 Å². The number of aryl methyl sites for hydroxylation is 1. The van der Waals surface area contributed by atoms with Gasteiger partial charge in [-0.15, -0.1) is 0 Å². The van der Waals surface area contributed by atoms with E-state index in [2.05, 4.69) is 20.5 Å². The zero-order valence-corrected chi connectivity index (χ0v) is 14.4. The van der Waals surface area contributed by atoms with E-state index in [0.29, 0.717) is 29.7 Å². The van der Waals surface area contributed by atoms with Gasteiger partial charge < -0.3 is 14.6 Å². The second-order valence-electron chi connectivity index (χ2n) is 6.36. The third-order valence-corrected chi connectivity index (χ3v) is 4.77. The minimum atomic E-state index is -0.388. The molecule has 136 valence electrons. The average molecular weight is 357 g/mol. The third-order valence-electron chi connectivity index (χ3n) is 4.77. The predicted octanol–water partition coefficient (Wildman–Crippen LogP) is 3.02. The first-order valence-corrected chi connectivity index (χ1v) is 8.74. The standard InChI is InChI=1S/C18H20FN5O2/c1-2-24-8-7-20-17(24)15-13(4-3-9-26-15)18(25)21-16-12-6-5-11(19)10-14(12)22-23-16/h5-8,10,13,15H,2-4,9H2,1H3,(H2,21,22,23,25)/t13-,15-/m1/s1. The van der Waals surface area contributed by atoms with E-state index < -0.39 is 0 Å². The fourth-order valence-corrected chi connectivity index (χ4v) is 3.45. The maximum Gasteiger partial charge on any atom is 0.231 e. The molecule has 0 bridgehead atoms. The SMILES string of the molecule is CCn1ccnc1[C@@H]1OCCC[C@H]1C(=O)Nc1n[nH]c2cc(F)ccc12. The summed E-state index contributed by atoms with van der Waals surface area (Å²) in [4.78, 5) is 17.3. The van der Waals surface area contributed by atoms with Gasteiger partial charge in [0.2, 0.25) is 5.91 Å². The molecular weight excluding hydrogens is 337 g/mol. The molecule has 0 unspecified atom stereocenters. The van der Waals surface area contributed by atoms with Crippen molar-refractivity contribution in [3.05, 3.63) is 42.2 Å². The monoisotopic (exact) mass is 357 g/mol. The van der Waals surface area contributed by atoms with E-state index in [1.165, 1.54) is 12.1 Å². The Kier molecular flexibility index (Phi) is 4.42. The van der Waals surface area contributed by atoms with Crippen LogP contribution in [0.3, 0.4) is 0 Å². The molecule has 1 aliphatic heterocycles. The van der Waals surface area contributed by atoms with Crippen LogP contribution >= 0.6 is 0 Å². The van der Waals surface area contributed by atoms with Crippen molar-refractivity contribution in [3.8, 4) is 0 Å². The van der Waals surface area contributed by atoms with E-state index in [9.17, 15) is 9.18 Å². The molecule has 2 N–H and O–H groups in total. The minimum Gasteiger partial charge on any atom is -0.369 e. The number of fused-ring (bicyclic) bond motifs is 1. The molecule has 3 heterocycles. The van der Waals surface area contributed by atoms with Crippen molar-refractivity contribution < 1.29 is 13.9 Å². The molecule has 1 amide bonds. The number of imidazole rings is 1. The Morgan fingerprint density at radius 1 is 1.50 bits per heavy atom. The molecule has 0 aliphatic carbocycles. The van der Waals surface area contributed by atoms with E-state index in [-0.39, 0.29) is 23.7 Å². The number of rotatable bonds is 4. The van der Waals surface area contributed by atoms with E-state index in [4.69, 9.17) is 4.74 Å². The number of benzene rings is 1. The Morgan fingerprint density at radius 3 is 3.23 bits per heavy atom. The predicted molar refractivity (Wildman–Crippen MR) is 94.0 cm³/mol. The van der Waals surface area contributed by atoms with Gasteiger partial charge in [-0.3, -0.25) is 9.89 Å². The number of nitrogens with zero attached hydrogens (tertiary/aromatic N) is 3. The van der Waals surface area contributed by atoms with Gasteiger partial charge in [0.05, 0.1) is 11.4 Å². The highest BCUT2D eigenvalue weighted by Gasteiger charge is 2.36. The molecule has 0 spiro atoms. The smallest absolute Gasteiger partial charge is 0.231 e. The summed E-state index contributed by atoms with van der Waals surface area (Å²) in [7, 11) is 0. The number of nitrogens with one attached hydrogen (secondary N) is 2. The average Bonchev–Trinajstić information content (AvgIpc) is 3.28. The maximum atomic E-state index is 13.3. The number of amides is 1. The molecule has 0 saturated carbocycles. The lowest BCUT2D eigenvalue weighted by Crippen LogP contribution is -2.34. The van der Waals surface area contributed by atoms with E-state index >= 15 is 0 Å². The van der Waals surface area contributed by atoms with E-state index in [1.807, 2.05) is 17.7 Å². The highest BCUT2D eigenvalue weighted by molar-refractivity contribution is 6.00. The fraction of sp³-hybridized carbons (Fsp3) is 0.389. The lowest BCUT2D eigenvalue weighted by Gasteiger charge is -2.30. The molecule has 4 rings (SSSR count). The largest absolute Gasteiger partial charge is 0.369 e. The lowest BCUT2D eigenvalue weighted by molar-refractivity contribution is -0.130. The molecule has 8 heteroatoms. The molecule has 1 fully saturated rings. The summed E-state index contributed by atoms with van der Waals surface area (Å²) in [6.45, 7) is 3.40. The van der Waals surface area contributed by atoms with Crippen LogP contribution in [0.2, 0.25) is 0 Å². The molecular formula is C18H20FN5O2. The van der Waals surface area contributed by atoms with Gasteiger partial charge in [0.15, 0.2) is 5.82 Å². The summed E-state index contributed by atoms with van der Waals surface area (Å²) >= 11 is 0. The number of aromatic nitrogens is 4. The van der Waals surface area contributed by atoms with Crippen molar-refractivity contribution in [3.63, 3.8) is 0 Å². The summed E-state index contributed by atoms with van der Waals surface area (Å²) in [6.07, 6.45) is 4.75. The number of carbonyl (C=O) groups excluding carboxylic acids is 1. The number of H-pyrrole nitrogens is 1. The molecule has 3 aromatic rings. The first-order chi connectivity index (χ1) is 12.7. The van der Waals surface area contributed by atoms with Crippen LogP contribution in [-0.2, 0) is 16.1 Å². The topological polar surface area (TPSA) is 84.8 Å². The molecule has 2 atom stereocenters. The van der Waals surface area contributed by atoms with Crippen LogP contribution in [0.25, 0.3) is 10.9 Å². The first kappa shape index (κ1) is 16.7. The first-order valence-electron chi connectivity index (χ1n) is 8.74. The third kappa shape index (κ3) is 2.96. The summed E-state index contributed by atoms with van der Waals surface area (Å²) in [5.41, 5.74) is 0.540. The zero-order valence-electron chi connectivity index (χ0n) is 14.4. The molecule has 1 saturated heterocycles. The number of anilines is 1. The minimum absolute atomic E-state index is 0.168. The molecule has 7 nitrogen and oxygen atoms in total. The Labute approximate surface area is 149 Å². The molecule has 1 aliphatic rings. The highest BCUT2D eigenvalue weighted by Crippen LogP contribution is 2.34. The van der Waals surface area contributed by atoms with Gasteiger partial charge in [-0.1, -0.05) is 0 Å². The summed E-state index contributed by atoms with van der Waals surface area (Å²) in [6, 6.07) is 4.29. The van der Waals surface area contributed by atoms with Crippen molar-refractivity contribution in [2.75, 3.05) is 11.9 Å². The maximum absolute atomic E-state index is 13.3. The van der Waals surface area contributed by atoms with Crippen molar-refractivity contribution in [2.24, 2.45) is 5.92 Å². The van der Waals surface area contributed by atoms with E-state index in [0.717, 1.165) is 18.8 Å². The van der Waals surface area contributed by atoms with Crippen LogP contribution < -0.4 is 5.32 Å².